The Hall–Kier alpha value is -1.85. The van der Waals surface area contributed by atoms with Gasteiger partial charge in [0.2, 0.25) is 0 Å². The maximum atomic E-state index is 12.3. The summed E-state index contributed by atoms with van der Waals surface area (Å²) in [6.07, 6.45) is -0.468. The van der Waals surface area contributed by atoms with Crippen LogP contribution in [0.4, 0.5) is 4.79 Å². The fourth-order valence-corrected chi connectivity index (χ4v) is 2.79. The molecule has 1 atom stereocenters. The van der Waals surface area contributed by atoms with Crippen LogP contribution in [0.15, 0.2) is 59.1 Å². The van der Waals surface area contributed by atoms with E-state index in [-0.39, 0.29) is 12.2 Å². The van der Waals surface area contributed by atoms with Gasteiger partial charge >= 0.3 is 6.09 Å². The lowest BCUT2D eigenvalue weighted by Gasteiger charge is -2.32. The third-order valence-electron chi connectivity index (χ3n) is 3.49. The standard InChI is InChI=1S/C17H16BrNO3/c18-14-6-4-5-13(11-14)16-12-19(9-10-21-16)17(20)22-15-7-2-1-3-8-15/h1-8,11,16H,9-10,12H2. The number of para-hydroxylation sites is 1. The Bertz CT molecular complexity index is 647. The van der Waals surface area contributed by atoms with Gasteiger partial charge in [-0.05, 0) is 29.8 Å². The number of carbonyl (C=O) groups is 1. The van der Waals surface area contributed by atoms with Crippen molar-refractivity contribution >= 4 is 22.0 Å². The van der Waals surface area contributed by atoms with E-state index < -0.39 is 0 Å². The van der Waals surface area contributed by atoms with E-state index in [1.807, 2.05) is 42.5 Å². The monoisotopic (exact) mass is 361 g/mol. The third-order valence-corrected chi connectivity index (χ3v) is 3.99. The van der Waals surface area contributed by atoms with Gasteiger partial charge in [-0.15, -0.1) is 0 Å². The number of benzene rings is 2. The van der Waals surface area contributed by atoms with E-state index in [1.165, 1.54) is 0 Å². The highest BCUT2D eigenvalue weighted by Gasteiger charge is 2.26. The largest absolute Gasteiger partial charge is 0.415 e. The molecular formula is C17H16BrNO3. The average molecular weight is 362 g/mol. The zero-order chi connectivity index (χ0) is 15.4. The number of ether oxygens (including phenoxy) is 2. The Morgan fingerprint density at radius 1 is 1.18 bits per heavy atom. The Morgan fingerprint density at radius 3 is 2.77 bits per heavy atom. The summed E-state index contributed by atoms with van der Waals surface area (Å²) < 4.78 is 12.2. The zero-order valence-corrected chi connectivity index (χ0v) is 13.5. The Kier molecular flexibility index (Phi) is 4.75. The van der Waals surface area contributed by atoms with Crippen LogP contribution in [-0.4, -0.2) is 30.7 Å². The van der Waals surface area contributed by atoms with Gasteiger partial charge < -0.3 is 14.4 Å². The van der Waals surface area contributed by atoms with Crippen LogP contribution in [0.5, 0.6) is 5.75 Å². The fraction of sp³-hybridized carbons (Fsp3) is 0.235. The second-order valence-corrected chi connectivity index (χ2v) is 5.96. The highest BCUT2D eigenvalue weighted by Crippen LogP contribution is 2.25. The molecule has 2 aromatic rings. The van der Waals surface area contributed by atoms with Crippen LogP contribution >= 0.6 is 15.9 Å². The minimum absolute atomic E-state index is 0.130. The first-order valence-corrected chi connectivity index (χ1v) is 7.90. The lowest BCUT2D eigenvalue weighted by Crippen LogP contribution is -2.43. The molecule has 0 aliphatic carbocycles. The summed E-state index contributed by atoms with van der Waals surface area (Å²) in [6.45, 7) is 1.53. The summed E-state index contributed by atoms with van der Waals surface area (Å²) in [5.74, 6) is 0.554. The smallest absolute Gasteiger partial charge is 0.410 e. The molecule has 2 aromatic carbocycles. The molecule has 4 nitrogen and oxygen atoms in total. The predicted octanol–water partition coefficient (Wildman–Crippen LogP) is 4.02. The second-order valence-electron chi connectivity index (χ2n) is 5.04. The molecule has 0 aromatic heterocycles. The maximum Gasteiger partial charge on any atom is 0.415 e. The zero-order valence-electron chi connectivity index (χ0n) is 11.9. The normalized spacial score (nSPS) is 18.0. The van der Waals surface area contributed by atoms with Crippen molar-refractivity contribution in [2.45, 2.75) is 6.10 Å². The van der Waals surface area contributed by atoms with Gasteiger partial charge in [-0.1, -0.05) is 46.3 Å². The number of hydrogen-bond acceptors (Lipinski definition) is 3. The fourth-order valence-electron chi connectivity index (χ4n) is 2.38. The van der Waals surface area contributed by atoms with Crippen molar-refractivity contribution in [1.29, 1.82) is 0 Å². The maximum absolute atomic E-state index is 12.3. The molecule has 0 radical (unpaired) electrons. The van der Waals surface area contributed by atoms with E-state index in [2.05, 4.69) is 15.9 Å². The minimum atomic E-state index is -0.338. The SMILES string of the molecule is O=C(Oc1ccccc1)N1CCOC(c2cccc(Br)c2)C1. The molecule has 1 heterocycles. The minimum Gasteiger partial charge on any atom is -0.410 e. The van der Waals surface area contributed by atoms with E-state index in [0.717, 1.165) is 10.0 Å². The molecule has 3 rings (SSSR count). The lowest BCUT2D eigenvalue weighted by atomic mass is 10.1. The van der Waals surface area contributed by atoms with Gasteiger partial charge in [0.1, 0.15) is 11.9 Å². The predicted molar refractivity (Wildman–Crippen MR) is 86.9 cm³/mol. The van der Waals surface area contributed by atoms with E-state index in [1.54, 1.807) is 17.0 Å². The van der Waals surface area contributed by atoms with Crippen LogP contribution in [0, 0.1) is 0 Å². The molecule has 1 fully saturated rings. The van der Waals surface area contributed by atoms with Gasteiger partial charge in [-0.2, -0.15) is 0 Å². The van der Waals surface area contributed by atoms with Gasteiger partial charge in [0.25, 0.3) is 0 Å². The number of nitrogens with zero attached hydrogens (tertiary/aromatic N) is 1. The van der Waals surface area contributed by atoms with Crippen LogP contribution in [-0.2, 0) is 4.74 Å². The molecule has 114 valence electrons. The van der Waals surface area contributed by atoms with Gasteiger partial charge in [0, 0.05) is 11.0 Å². The molecule has 1 unspecified atom stereocenters. The molecule has 0 bridgehead atoms. The van der Waals surface area contributed by atoms with Crippen molar-refractivity contribution in [1.82, 2.24) is 4.90 Å². The third kappa shape index (κ3) is 3.67. The molecular weight excluding hydrogens is 346 g/mol. The summed E-state index contributed by atoms with van der Waals surface area (Å²) >= 11 is 3.46. The Labute approximate surface area is 137 Å². The van der Waals surface area contributed by atoms with Crippen molar-refractivity contribution < 1.29 is 14.3 Å². The van der Waals surface area contributed by atoms with Crippen LogP contribution in [0.1, 0.15) is 11.7 Å². The molecule has 0 N–H and O–H groups in total. The molecule has 1 amide bonds. The summed E-state index contributed by atoms with van der Waals surface area (Å²) in [5, 5.41) is 0. The summed E-state index contributed by atoms with van der Waals surface area (Å²) in [5.41, 5.74) is 1.05. The van der Waals surface area contributed by atoms with Gasteiger partial charge in [0.05, 0.1) is 13.2 Å². The van der Waals surface area contributed by atoms with Crippen LogP contribution in [0.2, 0.25) is 0 Å². The van der Waals surface area contributed by atoms with Crippen molar-refractivity contribution in [2.75, 3.05) is 19.7 Å². The Morgan fingerprint density at radius 2 is 2.00 bits per heavy atom. The Balaban J connectivity index is 1.66. The van der Waals surface area contributed by atoms with Crippen LogP contribution < -0.4 is 4.74 Å². The van der Waals surface area contributed by atoms with Crippen molar-refractivity contribution in [2.24, 2.45) is 0 Å². The van der Waals surface area contributed by atoms with Gasteiger partial charge in [-0.25, -0.2) is 4.79 Å². The second kappa shape index (κ2) is 6.94. The molecule has 5 heteroatoms. The number of morpholine rings is 1. The van der Waals surface area contributed by atoms with Crippen molar-refractivity contribution in [3.63, 3.8) is 0 Å². The number of hydrogen-bond donors (Lipinski definition) is 0. The topological polar surface area (TPSA) is 38.8 Å². The number of rotatable bonds is 2. The van der Waals surface area contributed by atoms with E-state index in [9.17, 15) is 4.79 Å². The number of amides is 1. The molecule has 0 saturated carbocycles. The molecule has 22 heavy (non-hydrogen) atoms. The summed E-state index contributed by atoms with van der Waals surface area (Å²) in [4.78, 5) is 13.9. The van der Waals surface area contributed by atoms with Crippen molar-refractivity contribution in [3.05, 3.63) is 64.6 Å². The number of halogens is 1. The van der Waals surface area contributed by atoms with Crippen molar-refractivity contribution in [3.8, 4) is 5.75 Å². The highest BCUT2D eigenvalue weighted by molar-refractivity contribution is 9.10. The van der Waals surface area contributed by atoms with E-state index in [4.69, 9.17) is 9.47 Å². The summed E-state index contributed by atoms with van der Waals surface area (Å²) in [7, 11) is 0. The highest BCUT2D eigenvalue weighted by atomic mass is 79.9. The van der Waals surface area contributed by atoms with E-state index in [0.29, 0.717) is 25.4 Å². The van der Waals surface area contributed by atoms with Gasteiger partial charge in [0.15, 0.2) is 0 Å². The first kappa shape index (κ1) is 15.1. The van der Waals surface area contributed by atoms with Crippen LogP contribution in [0.3, 0.4) is 0 Å². The van der Waals surface area contributed by atoms with Gasteiger partial charge in [-0.3, -0.25) is 0 Å². The number of carbonyl (C=O) groups excluding carboxylic acids is 1. The van der Waals surface area contributed by atoms with E-state index >= 15 is 0 Å². The first-order valence-electron chi connectivity index (χ1n) is 7.11. The molecule has 1 aliphatic rings. The quantitative estimate of drug-likeness (QED) is 0.810. The first-order chi connectivity index (χ1) is 10.7. The lowest BCUT2D eigenvalue weighted by molar-refractivity contribution is -0.0218. The molecule has 0 spiro atoms. The molecule has 1 saturated heterocycles. The average Bonchev–Trinajstić information content (AvgIpc) is 2.56. The molecule has 1 aliphatic heterocycles. The van der Waals surface area contributed by atoms with Crippen LogP contribution in [0.25, 0.3) is 0 Å². The summed E-state index contributed by atoms with van der Waals surface area (Å²) in [6, 6.07) is 17.0.